The molecule has 0 unspecified atom stereocenters. The molecule has 0 bridgehead atoms. The van der Waals surface area contributed by atoms with Gasteiger partial charge in [-0.1, -0.05) is 51.0 Å². The highest BCUT2D eigenvalue weighted by Crippen LogP contribution is 2.37. The van der Waals surface area contributed by atoms with Gasteiger partial charge in [-0.2, -0.15) is 22.0 Å². The molecule has 0 aliphatic carbocycles. The van der Waals surface area contributed by atoms with Crippen molar-refractivity contribution in [3.05, 3.63) is 47.5 Å². The molecule has 0 saturated heterocycles. The monoisotopic (exact) mass is 472 g/mol. The van der Waals surface area contributed by atoms with Crippen molar-refractivity contribution in [3.8, 4) is 5.75 Å². The second kappa shape index (κ2) is 10.1. The van der Waals surface area contributed by atoms with E-state index in [1.807, 2.05) is 12.1 Å². The van der Waals surface area contributed by atoms with Gasteiger partial charge in [0.05, 0.1) is 0 Å². The summed E-state index contributed by atoms with van der Waals surface area (Å²) in [6, 6.07) is 11.1. The summed E-state index contributed by atoms with van der Waals surface area (Å²) in [7, 11) is 0. The molecule has 0 atom stereocenters. The van der Waals surface area contributed by atoms with Gasteiger partial charge in [0.1, 0.15) is 5.75 Å². The Balaban J connectivity index is 2.09. The Kier molecular flexibility index (Phi) is 8.14. The first kappa shape index (κ1) is 26.6. The lowest BCUT2D eigenvalue weighted by atomic mass is 9.80. The smallest absolute Gasteiger partial charge is 0.456 e. The molecular weight excluding hydrogens is 443 g/mol. The zero-order valence-electron chi connectivity index (χ0n) is 19.4. The van der Waals surface area contributed by atoms with Gasteiger partial charge in [0.25, 0.3) is 0 Å². The van der Waals surface area contributed by atoms with E-state index in [1.54, 1.807) is 18.2 Å². The van der Waals surface area contributed by atoms with Crippen LogP contribution >= 0.6 is 0 Å². The molecular formula is C25H29F5O3. The van der Waals surface area contributed by atoms with Crippen molar-refractivity contribution in [1.82, 2.24) is 0 Å². The summed E-state index contributed by atoms with van der Waals surface area (Å²) in [6.45, 7) is 7.94. The normalized spacial score (nSPS) is 12.5. The third-order valence-corrected chi connectivity index (χ3v) is 5.56. The van der Waals surface area contributed by atoms with Crippen LogP contribution in [0.1, 0.15) is 53.0 Å². The second-order valence-electron chi connectivity index (χ2n) is 9.05. The zero-order valence-corrected chi connectivity index (χ0v) is 19.4. The minimum atomic E-state index is -5.79. The standard InChI is InChI=1S/C25H29F5O3/c1-6-23(4,5)13-21(16(2)3)19-8-7-18-12-20(10-9-17(18)11-19)32-14-22(31)33-15-24(26,27)25(28,29)30/h7-12H,6,13-15H2,1-5H3. The minimum absolute atomic E-state index is 0.165. The van der Waals surface area contributed by atoms with Gasteiger partial charge in [0, 0.05) is 0 Å². The van der Waals surface area contributed by atoms with Gasteiger partial charge in [-0.15, -0.1) is 0 Å². The average molecular weight is 472 g/mol. The molecule has 0 saturated carbocycles. The van der Waals surface area contributed by atoms with Crippen molar-refractivity contribution >= 4 is 22.3 Å². The summed E-state index contributed by atoms with van der Waals surface area (Å²) >= 11 is 0. The van der Waals surface area contributed by atoms with Crippen LogP contribution in [-0.2, 0) is 9.53 Å². The van der Waals surface area contributed by atoms with Crippen LogP contribution in [0.15, 0.2) is 42.0 Å². The number of hydrogen-bond donors (Lipinski definition) is 0. The predicted octanol–water partition coefficient (Wildman–Crippen LogP) is 7.58. The molecule has 2 rings (SSSR count). The van der Waals surface area contributed by atoms with E-state index in [-0.39, 0.29) is 11.2 Å². The molecule has 0 N–H and O–H groups in total. The maximum absolute atomic E-state index is 12.8. The highest BCUT2D eigenvalue weighted by molar-refractivity contribution is 5.88. The lowest BCUT2D eigenvalue weighted by Gasteiger charge is -2.25. The van der Waals surface area contributed by atoms with Crippen LogP contribution in [0.5, 0.6) is 5.75 Å². The summed E-state index contributed by atoms with van der Waals surface area (Å²) in [4.78, 5) is 11.5. The molecule has 2 aromatic rings. The Labute approximate surface area is 190 Å². The number of allylic oxidation sites excluding steroid dienone is 2. The molecule has 8 heteroatoms. The maximum atomic E-state index is 12.8. The highest BCUT2D eigenvalue weighted by Gasteiger charge is 2.58. The minimum Gasteiger partial charge on any atom is -0.482 e. The van der Waals surface area contributed by atoms with E-state index in [9.17, 15) is 26.7 Å². The Morgan fingerprint density at radius 2 is 1.55 bits per heavy atom. The summed E-state index contributed by atoms with van der Waals surface area (Å²) < 4.78 is 71.3. The van der Waals surface area contributed by atoms with Crippen LogP contribution in [-0.4, -0.2) is 31.3 Å². The van der Waals surface area contributed by atoms with E-state index < -0.39 is 31.3 Å². The number of carbonyl (C=O) groups is 1. The fraction of sp³-hybridized carbons (Fsp3) is 0.480. The molecule has 0 radical (unpaired) electrons. The van der Waals surface area contributed by atoms with Crippen LogP contribution in [0.4, 0.5) is 22.0 Å². The molecule has 0 heterocycles. The highest BCUT2D eigenvalue weighted by atomic mass is 19.4. The number of esters is 1. The van der Waals surface area contributed by atoms with Gasteiger partial charge >= 0.3 is 18.1 Å². The van der Waals surface area contributed by atoms with Gasteiger partial charge in [0.2, 0.25) is 0 Å². The molecule has 0 aliphatic heterocycles. The number of halogens is 5. The van der Waals surface area contributed by atoms with Gasteiger partial charge in [-0.25, -0.2) is 4.79 Å². The number of hydrogen-bond acceptors (Lipinski definition) is 3. The molecule has 0 fully saturated rings. The van der Waals surface area contributed by atoms with Crippen LogP contribution < -0.4 is 4.74 Å². The fourth-order valence-corrected chi connectivity index (χ4v) is 3.11. The second-order valence-corrected chi connectivity index (χ2v) is 9.05. The largest absolute Gasteiger partial charge is 0.482 e. The van der Waals surface area contributed by atoms with Gasteiger partial charge in [-0.05, 0) is 65.8 Å². The molecule has 0 amide bonds. The first-order valence-corrected chi connectivity index (χ1v) is 10.6. The quantitative estimate of drug-likeness (QED) is 0.279. The number of benzene rings is 2. The molecule has 33 heavy (non-hydrogen) atoms. The number of alkyl halides is 5. The number of fused-ring (bicyclic) bond motifs is 1. The number of rotatable bonds is 9. The van der Waals surface area contributed by atoms with Crippen molar-refractivity contribution < 1.29 is 36.2 Å². The fourth-order valence-electron chi connectivity index (χ4n) is 3.11. The van der Waals surface area contributed by atoms with E-state index >= 15 is 0 Å². The van der Waals surface area contributed by atoms with Gasteiger partial charge in [-0.3, -0.25) is 0 Å². The van der Waals surface area contributed by atoms with E-state index in [0.717, 1.165) is 29.2 Å². The van der Waals surface area contributed by atoms with Crippen LogP contribution in [0.25, 0.3) is 16.3 Å². The maximum Gasteiger partial charge on any atom is 0.456 e. The molecule has 0 aromatic heterocycles. The van der Waals surface area contributed by atoms with Crippen molar-refractivity contribution in [2.75, 3.05) is 13.2 Å². The summed E-state index contributed by atoms with van der Waals surface area (Å²) in [5.74, 6) is -6.16. The van der Waals surface area contributed by atoms with Crippen LogP contribution in [0.3, 0.4) is 0 Å². The van der Waals surface area contributed by atoms with Crippen LogP contribution in [0.2, 0.25) is 0 Å². The molecule has 3 nitrogen and oxygen atoms in total. The average Bonchev–Trinajstić information content (AvgIpc) is 2.73. The Hall–Kier alpha value is -2.64. The van der Waals surface area contributed by atoms with Crippen molar-refractivity contribution in [2.45, 2.75) is 59.6 Å². The van der Waals surface area contributed by atoms with E-state index in [0.29, 0.717) is 0 Å². The first-order chi connectivity index (χ1) is 15.1. The zero-order chi connectivity index (χ0) is 25.0. The van der Waals surface area contributed by atoms with Gasteiger partial charge in [0.15, 0.2) is 13.2 Å². The third-order valence-electron chi connectivity index (χ3n) is 5.56. The lowest BCUT2D eigenvalue weighted by molar-refractivity contribution is -0.294. The van der Waals surface area contributed by atoms with Gasteiger partial charge < -0.3 is 9.47 Å². The van der Waals surface area contributed by atoms with Crippen molar-refractivity contribution in [3.63, 3.8) is 0 Å². The van der Waals surface area contributed by atoms with E-state index in [1.165, 1.54) is 11.1 Å². The molecule has 0 spiro atoms. The van der Waals surface area contributed by atoms with Crippen molar-refractivity contribution in [2.24, 2.45) is 5.41 Å². The van der Waals surface area contributed by atoms with E-state index in [2.05, 4.69) is 45.4 Å². The summed E-state index contributed by atoms with van der Waals surface area (Å²) in [5, 5.41) is 1.77. The Bertz CT molecular complexity index is 1020. The SMILES string of the molecule is CCC(C)(C)CC(=C(C)C)c1ccc2cc(OCC(=O)OCC(F)(F)C(F)(F)F)ccc2c1. The predicted molar refractivity (Wildman–Crippen MR) is 118 cm³/mol. The molecule has 182 valence electrons. The number of carbonyl (C=O) groups excluding carboxylic acids is 1. The third kappa shape index (κ3) is 7.17. The Morgan fingerprint density at radius 1 is 0.939 bits per heavy atom. The summed E-state index contributed by atoms with van der Waals surface area (Å²) in [6.07, 6.45) is -3.80. The molecule has 0 aliphatic rings. The lowest BCUT2D eigenvalue weighted by Crippen LogP contribution is -2.41. The topological polar surface area (TPSA) is 35.5 Å². The van der Waals surface area contributed by atoms with Crippen LogP contribution in [0, 0.1) is 5.41 Å². The Morgan fingerprint density at radius 3 is 2.12 bits per heavy atom. The summed E-state index contributed by atoms with van der Waals surface area (Å²) in [5.41, 5.74) is 3.80. The first-order valence-electron chi connectivity index (χ1n) is 10.6. The van der Waals surface area contributed by atoms with E-state index in [4.69, 9.17) is 4.74 Å². The molecule has 2 aromatic carbocycles. The van der Waals surface area contributed by atoms with Crippen molar-refractivity contribution in [1.29, 1.82) is 0 Å². The number of ether oxygens (including phenoxy) is 2.